The average Bonchev–Trinajstić information content (AvgIpc) is 2.85. The van der Waals surface area contributed by atoms with Crippen LogP contribution in [0.5, 0.6) is 0 Å². The van der Waals surface area contributed by atoms with Gasteiger partial charge in [0.2, 0.25) is 0 Å². The molecule has 1 aliphatic rings. The van der Waals surface area contributed by atoms with Crippen molar-refractivity contribution in [2.75, 3.05) is 6.61 Å². The first-order chi connectivity index (χ1) is 7.29. The van der Waals surface area contributed by atoms with E-state index in [0.717, 1.165) is 25.2 Å². The van der Waals surface area contributed by atoms with Crippen LogP contribution in [-0.4, -0.2) is 18.8 Å². The van der Waals surface area contributed by atoms with E-state index in [1.165, 1.54) is 0 Å². The molecular weight excluding hydrogens is 192 g/mol. The van der Waals surface area contributed by atoms with Crippen molar-refractivity contribution in [2.24, 2.45) is 11.8 Å². The lowest BCUT2D eigenvalue weighted by atomic mass is 9.94. The SMILES string of the molecule is CC1CC(C(Cc2ccco2)NN)CO1. The van der Waals surface area contributed by atoms with Crippen molar-refractivity contribution in [1.82, 2.24) is 5.43 Å². The molecule has 0 radical (unpaired) electrons. The van der Waals surface area contributed by atoms with Gasteiger partial charge in [0.25, 0.3) is 0 Å². The summed E-state index contributed by atoms with van der Waals surface area (Å²) in [6.45, 7) is 2.89. The topological polar surface area (TPSA) is 60.4 Å². The smallest absolute Gasteiger partial charge is 0.105 e. The molecule has 15 heavy (non-hydrogen) atoms. The van der Waals surface area contributed by atoms with Gasteiger partial charge in [-0.3, -0.25) is 11.3 Å². The number of hydrogen-bond donors (Lipinski definition) is 2. The molecule has 84 valence electrons. The Hall–Kier alpha value is -0.840. The van der Waals surface area contributed by atoms with E-state index in [0.29, 0.717) is 12.0 Å². The minimum atomic E-state index is 0.237. The van der Waals surface area contributed by atoms with E-state index in [1.54, 1.807) is 6.26 Å². The summed E-state index contributed by atoms with van der Waals surface area (Å²) in [4.78, 5) is 0. The summed E-state index contributed by atoms with van der Waals surface area (Å²) in [6, 6.07) is 4.11. The summed E-state index contributed by atoms with van der Waals surface area (Å²) < 4.78 is 10.9. The van der Waals surface area contributed by atoms with Crippen LogP contribution >= 0.6 is 0 Å². The molecule has 4 nitrogen and oxygen atoms in total. The summed E-state index contributed by atoms with van der Waals surface area (Å²) in [7, 11) is 0. The number of ether oxygens (including phenoxy) is 1. The molecule has 1 aromatic rings. The van der Waals surface area contributed by atoms with Crippen molar-refractivity contribution in [3.8, 4) is 0 Å². The number of hydrogen-bond acceptors (Lipinski definition) is 4. The third-order valence-corrected chi connectivity index (χ3v) is 3.01. The highest BCUT2D eigenvalue weighted by Gasteiger charge is 2.29. The zero-order valence-corrected chi connectivity index (χ0v) is 8.98. The Morgan fingerprint density at radius 2 is 2.53 bits per heavy atom. The number of furan rings is 1. The van der Waals surface area contributed by atoms with E-state index in [9.17, 15) is 0 Å². The van der Waals surface area contributed by atoms with Gasteiger partial charge in [-0.05, 0) is 25.5 Å². The Labute approximate surface area is 89.7 Å². The maximum atomic E-state index is 5.57. The van der Waals surface area contributed by atoms with Gasteiger partial charge in [0.15, 0.2) is 0 Å². The van der Waals surface area contributed by atoms with Crippen molar-refractivity contribution < 1.29 is 9.15 Å². The van der Waals surface area contributed by atoms with Crippen LogP contribution in [0.1, 0.15) is 19.1 Å². The molecule has 1 fully saturated rings. The zero-order valence-electron chi connectivity index (χ0n) is 8.98. The highest BCUT2D eigenvalue weighted by molar-refractivity contribution is 5.01. The average molecular weight is 210 g/mol. The molecule has 3 N–H and O–H groups in total. The van der Waals surface area contributed by atoms with Crippen molar-refractivity contribution in [3.05, 3.63) is 24.2 Å². The largest absolute Gasteiger partial charge is 0.469 e. The predicted octanol–water partition coefficient (Wildman–Crippen LogP) is 1.08. The second kappa shape index (κ2) is 4.79. The molecule has 4 heteroatoms. The standard InChI is InChI=1S/C11H18N2O2/c1-8-5-9(7-15-8)11(13-12)6-10-3-2-4-14-10/h2-4,8-9,11,13H,5-7,12H2,1H3. The van der Waals surface area contributed by atoms with Gasteiger partial charge < -0.3 is 9.15 Å². The van der Waals surface area contributed by atoms with Gasteiger partial charge in [-0.1, -0.05) is 0 Å². The molecule has 1 aliphatic heterocycles. The third-order valence-electron chi connectivity index (χ3n) is 3.01. The molecule has 0 aromatic carbocycles. The Morgan fingerprint density at radius 1 is 1.67 bits per heavy atom. The van der Waals surface area contributed by atoms with Gasteiger partial charge in [0.05, 0.1) is 19.0 Å². The van der Waals surface area contributed by atoms with Gasteiger partial charge in [0, 0.05) is 18.4 Å². The summed E-state index contributed by atoms with van der Waals surface area (Å²) in [6.07, 6.45) is 3.93. The Bertz CT molecular complexity index is 287. The normalized spacial score (nSPS) is 28.1. The molecule has 0 aliphatic carbocycles. The van der Waals surface area contributed by atoms with Gasteiger partial charge in [0.1, 0.15) is 5.76 Å². The number of nitrogens with two attached hydrogens (primary N) is 1. The first-order valence-corrected chi connectivity index (χ1v) is 5.39. The first-order valence-electron chi connectivity index (χ1n) is 5.39. The van der Waals surface area contributed by atoms with Gasteiger partial charge >= 0.3 is 0 Å². The molecule has 1 saturated heterocycles. The van der Waals surface area contributed by atoms with Crippen LogP contribution in [0.15, 0.2) is 22.8 Å². The predicted molar refractivity (Wildman–Crippen MR) is 57.0 cm³/mol. The van der Waals surface area contributed by atoms with Crippen LogP contribution < -0.4 is 11.3 Å². The Morgan fingerprint density at radius 3 is 3.07 bits per heavy atom. The fourth-order valence-corrected chi connectivity index (χ4v) is 2.14. The van der Waals surface area contributed by atoms with E-state index in [2.05, 4.69) is 12.3 Å². The fraction of sp³-hybridized carbons (Fsp3) is 0.636. The van der Waals surface area contributed by atoms with E-state index >= 15 is 0 Å². The molecule has 3 unspecified atom stereocenters. The second-order valence-electron chi connectivity index (χ2n) is 4.20. The molecule has 0 bridgehead atoms. The van der Waals surface area contributed by atoms with E-state index < -0.39 is 0 Å². The molecule has 2 heterocycles. The summed E-state index contributed by atoms with van der Waals surface area (Å²) in [5.41, 5.74) is 2.86. The quantitative estimate of drug-likeness (QED) is 0.576. The van der Waals surface area contributed by atoms with Crippen LogP contribution in [0.2, 0.25) is 0 Å². The van der Waals surface area contributed by atoms with Crippen molar-refractivity contribution in [1.29, 1.82) is 0 Å². The minimum absolute atomic E-state index is 0.237. The van der Waals surface area contributed by atoms with Crippen LogP contribution in [0.3, 0.4) is 0 Å². The molecule has 0 saturated carbocycles. The maximum absolute atomic E-state index is 5.57. The molecular formula is C11H18N2O2. The zero-order chi connectivity index (χ0) is 10.7. The summed E-state index contributed by atoms with van der Waals surface area (Å²) >= 11 is 0. The number of rotatable bonds is 4. The van der Waals surface area contributed by atoms with E-state index in [4.69, 9.17) is 15.0 Å². The van der Waals surface area contributed by atoms with Crippen molar-refractivity contribution in [3.63, 3.8) is 0 Å². The highest BCUT2D eigenvalue weighted by Crippen LogP contribution is 2.24. The summed E-state index contributed by atoms with van der Waals surface area (Å²) in [5, 5.41) is 0. The van der Waals surface area contributed by atoms with Crippen LogP contribution in [0.25, 0.3) is 0 Å². The van der Waals surface area contributed by atoms with Gasteiger partial charge in [-0.25, -0.2) is 0 Å². The lowest BCUT2D eigenvalue weighted by molar-refractivity contribution is 0.116. The van der Waals surface area contributed by atoms with Crippen molar-refractivity contribution in [2.45, 2.75) is 31.9 Å². The third kappa shape index (κ3) is 2.59. The number of hydrazine groups is 1. The molecule has 1 aromatic heterocycles. The Kier molecular flexibility index (Phi) is 3.41. The highest BCUT2D eigenvalue weighted by atomic mass is 16.5. The fourth-order valence-electron chi connectivity index (χ4n) is 2.14. The van der Waals surface area contributed by atoms with Gasteiger partial charge in [-0.15, -0.1) is 0 Å². The van der Waals surface area contributed by atoms with Crippen LogP contribution in [-0.2, 0) is 11.2 Å². The maximum Gasteiger partial charge on any atom is 0.105 e. The van der Waals surface area contributed by atoms with Gasteiger partial charge in [-0.2, -0.15) is 0 Å². The molecule has 3 atom stereocenters. The number of nitrogens with one attached hydrogen (secondary N) is 1. The lowest BCUT2D eigenvalue weighted by Crippen LogP contribution is -2.42. The molecule has 0 spiro atoms. The first kappa shape index (κ1) is 10.7. The lowest BCUT2D eigenvalue weighted by Gasteiger charge is -2.20. The molecule has 2 rings (SSSR count). The van der Waals surface area contributed by atoms with Crippen molar-refractivity contribution >= 4 is 0 Å². The van der Waals surface area contributed by atoms with E-state index in [-0.39, 0.29) is 6.04 Å². The monoisotopic (exact) mass is 210 g/mol. The molecule has 0 amide bonds. The van der Waals surface area contributed by atoms with Crippen LogP contribution in [0, 0.1) is 5.92 Å². The van der Waals surface area contributed by atoms with E-state index in [1.807, 2.05) is 12.1 Å². The minimum Gasteiger partial charge on any atom is -0.469 e. The summed E-state index contributed by atoms with van der Waals surface area (Å²) in [5.74, 6) is 7.02. The Balaban J connectivity index is 1.92. The van der Waals surface area contributed by atoms with Crippen LogP contribution in [0.4, 0.5) is 0 Å². The second-order valence-corrected chi connectivity index (χ2v) is 4.20.